The van der Waals surface area contributed by atoms with Crippen molar-refractivity contribution in [2.24, 2.45) is 5.41 Å². The Kier molecular flexibility index (Phi) is 8.59. The third-order valence-corrected chi connectivity index (χ3v) is 6.20. The van der Waals surface area contributed by atoms with E-state index in [-0.39, 0.29) is 29.4 Å². The molecule has 1 rings (SSSR count). The maximum absolute atomic E-state index is 12.8. The van der Waals surface area contributed by atoms with E-state index in [4.69, 9.17) is 9.84 Å². The number of anilines is 1. The number of aliphatic hydroxyl groups excluding tert-OH is 1. The molecule has 8 nitrogen and oxygen atoms in total. The fraction of sp³-hybridized carbons (Fsp3) is 0.579. The van der Waals surface area contributed by atoms with Crippen molar-refractivity contribution in [3.63, 3.8) is 0 Å². The van der Waals surface area contributed by atoms with Crippen molar-refractivity contribution in [2.45, 2.75) is 39.5 Å². The molecule has 0 aliphatic heterocycles. The molecule has 0 heterocycles. The molecule has 1 aromatic carbocycles. The van der Waals surface area contributed by atoms with Gasteiger partial charge in [0.2, 0.25) is 10.0 Å². The normalized spacial score (nSPS) is 12.1. The number of carbonyl (C=O) groups is 2. The van der Waals surface area contributed by atoms with Crippen LogP contribution in [0.2, 0.25) is 0 Å². The van der Waals surface area contributed by atoms with E-state index < -0.39 is 28.0 Å². The van der Waals surface area contributed by atoms with Gasteiger partial charge in [-0.15, -0.1) is 0 Å². The van der Waals surface area contributed by atoms with Gasteiger partial charge in [0, 0.05) is 30.7 Å². The largest absolute Gasteiger partial charge is 0.454 e. The Morgan fingerprint density at radius 1 is 1.18 bits per heavy atom. The molecule has 0 atom stereocenters. The molecular formula is C19H30N2O6S. The predicted molar refractivity (Wildman–Crippen MR) is 107 cm³/mol. The summed E-state index contributed by atoms with van der Waals surface area (Å²) in [6, 6.07) is 4.08. The summed E-state index contributed by atoms with van der Waals surface area (Å²) in [7, 11) is -3.77. The van der Waals surface area contributed by atoms with E-state index in [1.807, 2.05) is 0 Å². The minimum atomic E-state index is -3.77. The minimum absolute atomic E-state index is 0.0107. The molecule has 0 amide bonds. The molecular weight excluding hydrogens is 384 g/mol. The SMILES string of the molecule is CCN(CC)S(=O)(=O)c1ccc(NCCO)c(C(=O)OCC(=O)C(C)(C)C)c1. The molecule has 0 unspecified atom stereocenters. The number of hydrogen-bond acceptors (Lipinski definition) is 7. The van der Waals surface area contributed by atoms with Gasteiger partial charge in [0.1, 0.15) is 0 Å². The fourth-order valence-electron chi connectivity index (χ4n) is 2.34. The molecule has 0 saturated heterocycles. The van der Waals surface area contributed by atoms with Gasteiger partial charge >= 0.3 is 5.97 Å². The number of aliphatic hydroxyl groups is 1. The zero-order chi connectivity index (χ0) is 21.5. The van der Waals surface area contributed by atoms with E-state index >= 15 is 0 Å². The molecule has 0 aliphatic rings. The summed E-state index contributed by atoms with van der Waals surface area (Å²) < 4.78 is 31.9. The van der Waals surface area contributed by atoms with Gasteiger partial charge in [0.15, 0.2) is 12.4 Å². The van der Waals surface area contributed by atoms with E-state index in [1.165, 1.54) is 22.5 Å². The second kappa shape index (κ2) is 9.99. The van der Waals surface area contributed by atoms with E-state index in [0.717, 1.165) is 0 Å². The van der Waals surface area contributed by atoms with Crippen molar-refractivity contribution in [1.82, 2.24) is 4.31 Å². The topological polar surface area (TPSA) is 113 Å². The zero-order valence-electron chi connectivity index (χ0n) is 17.1. The average molecular weight is 415 g/mol. The molecule has 0 spiro atoms. The van der Waals surface area contributed by atoms with Crippen LogP contribution in [0.5, 0.6) is 0 Å². The van der Waals surface area contributed by atoms with Crippen molar-refractivity contribution in [2.75, 3.05) is 38.2 Å². The number of Topliss-reactive ketones (excluding diaryl/α,β-unsaturated/α-hetero) is 1. The summed E-state index contributed by atoms with van der Waals surface area (Å²) in [5.74, 6) is -1.06. The first-order valence-corrected chi connectivity index (χ1v) is 10.6. The number of nitrogens with one attached hydrogen (secondary N) is 1. The van der Waals surface area contributed by atoms with Crippen LogP contribution in [0.15, 0.2) is 23.1 Å². The maximum Gasteiger partial charge on any atom is 0.340 e. The van der Waals surface area contributed by atoms with Crippen molar-refractivity contribution in [1.29, 1.82) is 0 Å². The number of carbonyl (C=O) groups excluding carboxylic acids is 2. The third kappa shape index (κ3) is 6.02. The number of ketones is 1. The number of rotatable bonds is 10. The highest BCUT2D eigenvalue weighted by Gasteiger charge is 2.26. The van der Waals surface area contributed by atoms with Gasteiger partial charge in [-0.05, 0) is 18.2 Å². The Morgan fingerprint density at radius 3 is 2.29 bits per heavy atom. The van der Waals surface area contributed by atoms with Crippen LogP contribution >= 0.6 is 0 Å². The molecule has 0 aliphatic carbocycles. The second-order valence-electron chi connectivity index (χ2n) is 7.20. The molecule has 9 heteroatoms. The van der Waals surface area contributed by atoms with Crippen LogP contribution in [0.4, 0.5) is 5.69 Å². The van der Waals surface area contributed by atoms with Crippen LogP contribution in [0, 0.1) is 5.41 Å². The van der Waals surface area contributed by atoms with Crippen LogP contribution in [0.25, 0.3) is 0 Å². The molecule has 0 bridgehead atoms. The Balaban J connectivity index is 3.25. The van der Waals surface area contributed by atoms with E-state index in [1.54, 1.807) is 34.6 Å². The average Bonchev–Trinajstić information content (AvgIpc) is 2.63. The number of esters is 1. The molecule has 0 fully saturated rings. The lowest BCUT2D eigenvalue weighted by Gasteiger charge is -2.20. The highest BCUT2D eigenvalue weighted by molar-refractivity contribution is 7.89. The summed E-state index contributed by atoms with van der Waals surface area (Å²) in [6.45, 7) is 8.79. The number of hydrogen-bond donors (Lipinski definition) is 2. The van der Waals surface area contributed by atoms with Crippen LogP contribution in [-0.4, -0.2) is 62.4 Å². The lowest BCUT2D eigenvalue weighted by molar-refractivity contribution is -0.129. The molecule has 0 saturated carbocycles. The highest BCUT2D eigenvalue weighted by Crippen LogP contribution is 2.24. The van der Waals surface area contributed by atoms with Gasteiger partial charge in [-0.2, -0.15) is 4.31 Å². The maximum atomic E-state index is 12.8. The van der Waals surface area contributed by atoms with E-state index in [2.05, 4.69) is 5.32 Å². The quantitative estimate of drug-likeness (QED) is 0.562. The summed E-state index contributed by atoms with van der Waals surface area (Å²) in [4.78, 5) is 24.5. The Morgan fingerprint density at radius 2 is 1.79 bits per heavy atom. The summed E-state index contributed by atoms with van der Waals surface area (Å²) >= 11 is 0. The predicted octanol–water partition coefficient (Wildman–Crippen LogP) is 1.89. The van der Waals surface area contributed by atoms with E-state index in [0.29, 0.717) is 18.8 Å². The van der Waals surface area contributed by atoms with Gasteiger partial charge < -0.3 is 15.2 Å². The van der Waals surface area contributed by atoms with Crippen molar-refractivity contribution in [3.8, 4) is 0 Å². The standard InChI is InChI=1S/C19H30N2O6S/c1-6-21(7-2)28(25,26)14-8-9-16(20-10-11-22)15(12-14)18(24)27-13-17(23)19(3,4)5/h8-9,12,20,22H,6-7,10-11,13H2,1-5H3. The van der Waals surface area contributed by atoms with Gasteiger partial charge in [-0.1, -0.05) is 34.6 Å². The first-order valence-electron chi connectivity index (χ1n) is 9.18. The summed E-state index contributed by atoms with van der Waals surface area (Å²) in [5.41, 5.74) is -0.351. The Hall–Kier alpha value is -1.97. The van der Waals surface area contributed by atoms with Crippen LogP contribution in [-0.2, 0) is 19.6 Å². The smallest absolute Gasteiger partial charge is 0.340 e. The van der Waals surface area contributed by atoms with Crippen LogP contribution < -0.4 is 5.32 Å². The van der Waals surface area contributed by atoms with E-state index in [9.17, 15) is 18.0 Å². The fourth-order valence-corrected chi connectivity index (χ4v) is 3.82. The Labute approximate surface area is 166 Å². The van der Waals surface area contributed by atoms with Gasteiger partial charge in [-0.25, -0.2) is 13.2 Å². The van der Waals surface area contributed by atoms with Crippen LogP contribution in [0.1, 0.15) is 45.0 Å². The lowest BCUT2D eigenvalue weighted by Crippen LogP contribution is -2.31. The number of sulfonamides is 1. The second-order valence-corrected chi connectivity index (χ2v) is 9.13. The van der Waals surface area contributed by atoms with Crippen molar-refractivity contribution >= 4 is 27.5 Å². The highest BCUT2D eigenvalue weighted by atomic mass is 32.2. The summed E-state index contributed by atoms with van der Waals surface area (Å²) in [5, 5.41) is 11.9. The van der Waals surface area contributed by atoms with Crippen LogP contribution in [0.3, 0.4) is 0 Å². The first-order chi connectivity index (χ1) is 13.0. The van der Waals surface area contributed by atoms with Crippen molar-refractivity contribution in [3.05, 3.63) is 23.8 Å². The van der Waals surface area contributed by atoms with Gasteiger partial charge in [0.05, 0.1) is 17.1 Å². The zero-order valence-corrected chi connectivity index (χ0v) is 17.9. The number of benzene rings is 1. The van der Waals surface area contributed by atoms with Gasteiger partial charge in [0.25, 0.3) is 0 Å². The van der Waals surface area contributed by atoms with Gasteiger partial charge in [-0.3, -0.25) is 4.79 Å². The first kappa shape index (κ1) is 24.1. The molecule has 28 heavy (non-hydrogen) atoms. The molecule has 1 aromatic rings. The molecule has 0 radical (unpaired) electrons. The third-order valence-electron chi connectivity index (χ3n) is 4.15. The lowest BCUT2D eigenvalue weighted by atomic mass is 9.91. The minimum Gasteiger partial charge on any atom is -0.454 e. The Bertz CT molecular complexity index is 795. The molecule has 158 valence electrons. The number of ether oxygens (including phenoxy) is 1. The molecule has 2 N–H and O–H groups in total. The monoisotopic (exact) mass is 414 g/mol. The van der Waals surface area contributed by atoms with Crippen molar-refractivity contribution < 1.29 is 27.9 Å². The molecule has 0 aromatic heterocycles. The number of nitrogens with zero attached hydrogens (tertiary/aromatic N) is 1. The summed E-state index contributed by atoms with van der Waals surface area (Å²) in [6.07, 6.45) is 0.